The van der Waals surface area contributed by atoms with Crippen molar-refractivity contribution in [2.24, 2.45) is 0 Å². The van der Waals surface area contributed by atoms with E-state index in [1.54, 1.807) is 30.6 Å². The Labute approximate surface area is 168 Å². The number of benzene rings is 2. The Morgan fingerprint density at radius 1 is 1.22 bits per heavy atom. The van der Waals surface area contributed by atoms with Crippen LogP contribution >= 0.6 is 22.9 Å². The second kappa shape index (κ2) is 8.56. The minimum atomic E-state index is -3.51. The number of nitrogens with zero attached hydrogens (tertiary/aromatic N) is 1. The lowest BCUT2D eigenvalue weighted by molar-refractivity contribution is 0.414. The summed E-state index contributed by atoms with van der Waals surface area (Å²) in [4.78, 5) is 4.89. The van der Waals surface area contributed by atoms with Gasteiger partial charge in [-0.15, -0.1) is 11.3 Å². The molecule has 1 N–H and O–H groups in total. The van der Waals surface area contributed by atoms with Crippen molar-refractivity contribution < 1.29 is 13.2 Å². The maximum Gasteiger partial charge on any atom is 0.240 e. The van der Waals surface area contributed by atoms with Crippen molar-refractivity contribution in [3.63, 3.8) is 0 Å². The van der Waals surface area contributed by atoms with Crippen molar-refractivity contribution in [1.29, 1.82) is 0 Å². The molecule has 0 spiro atoms. The van der Waals surface area contributed by atoms with Gasteiger partial charge in [0, 0.05) is 17.5 Å². The number of methoxy groups -OCH3 is 1. The van der Waals surface area contributed by atoms with Crippen LogP contribution in [0.2, 0.25) is 5.02 Å². The van der Waals surface area contributed by atoms with Crippen LogP contribution in [-0.2, 0) is 10.0 Å². The summed E-state index contributed by atoms with van der Waals surface area (Å²) in [5.74, 6) is 0.881. The molecule has 0 radical (unpaired) electrons. The first-order valence-electron chi connectivity index (χ1n) is 8.59. The van der Waals surface area contributed by atoms with Crippen LogP contribution in [0.25, 0.3) is 10.2 Å². The molecule has 8 heteroatoms. The van der Waals surface area contributed by atoms with Crippen molar-refractivity contribution in [1.82, 2.24) is 9.71 Å². The molecule has 0 fully saturated rings. The third kappa shape index (κ3) is 4.99. The van der Waals surface area contributed by atoms with Gasteiger partial charge in [-0.1, -0.05) is 18.5 Å². The number of sulfonamides is 1. The van der Waals surface area contributed by atoms with Gasteiger partial charge in [0.1, 0.15) is 5.75 Å². The fourth-order valence-corrected chi connectivity index (χ4v) is 5.11. The van der Waals surface area contributed by atoms with Crippen molar-refractivity contribution >= 4 is 43.2 Å². The molecule has 1 unspecified atom stereocenters. The van der Waals surface area contributed by atoms with Crippen LogP contribution in [0, 0.1) is 0 Å². The summed E-state index contributed by atoms with van der Waals surface area (Å²) in [5, 5.41) is 1.75. The number of ether oxygens (including phenoxy) is 1. The summed E-state index contributed by atoms with van der Waals surface area (Å²) in [6, 6.07) is 12.0. The summed E-state index contributed by atoms with van der Waals surface area (Å²) >= 11 is 7.66. The molecule has 0 aliphatic carbocycles. The molecule has 0 aliphatic rings. The summed E-state index contributed by atoms with van der Waals surface area (Å²) in [6.07, 6.45) is 1.58. The van der Waals surface area contributed by atoms with Crippen molar-refractivity contribution in [2.45, 2.75) is 30.6 Å². The molecule has 5 nitrogen and oxygen atoms in total. The van der Waals surface area contributed by atoms with Crippen LogP contribution in [0.3, 0.4) is 0 Å². The fraction of sp³-hybridized carbons (Fsp3) is 0.316. The maximum absolute atomic E-state index is 12.3. The minimum absolute atomic E-state index is 0.236. The van der Waals surface area contributed by atoms with E-state index in [1.807, 2.05) is 18.2 Å². The zero-order valence-electron chi connectivity index (χ0n) is 15.1. The highest BCUT2D eigenvalue weighted by atomic mass is 35.5. The first-order valence-corrected chi connectivity index (χ1v) is 11.3. The third-order valence-corrected chi connectivity index (χ3v) is 7.23. The predicted molar refractivity (Wildman–Crippen MR) is 110 cm³/mol. The molecule has 1 atom stereocenters. The Morgan fingerprint density at radius 2 is 1.96 bits per heavy atom. The molecule has 2 aromatic carbocycles. The lowest BCUT2D eigenvalue weighted by Gasteiger charge is -2.10. The van der Waals surface area contributed by atoms with Gasteiger partial charge in [-0.2, -0.15) is 0 Å². The monoisotopic (exact) mass is 424 g/mol. The first kappa shape index (κ1) is 20.1. The predicted octanol–water partition coefficient (Wildman–Crippen LogP) is 4.82. The van der Waals surface area contributed by atoms with Crippen LogP contribution in [0.4, 0.5) is 0 Å². The number of hydrogen-bond acceptors (Lipinski definition) is 5. The van der Waals surface area contributed by atoms with Gasteiger partial charge in [0.05, 0.1) is 27.2 Å². The van der Waals surface area contributed by atoms with Crippen molar-refractivity contribution in [3.8, 4) is 5.75 Å². The number of rotatable bonds is 8. The minimum Gasteiger partial charge on any atom is -0.497 e. The number of hydrogen-bond donors (Lipinski definition) is 1. The number of aromatic nitrogens is 1. The number of nitrogens with one attached hydrogen (secondary N) is 1. The van der Waals surface area contributed by atoms with Crippen LogP contribution < -0.4 is 9.46 Å². The van der Waals surface area contributed by atoms with Crippen molar-refractivity contribution in [3.05, 3.63) is 52.5 Å². The van der Waals surface area contributed by atoms with E-state index in [2.05, 4.69) is 16.6 Å². The number of thiazole rings is 1. The summed E-state index contributed by atoms with van der Waals surface area (Å²) in [6.45, 7) is 2.49. The molecule has 3 rings (SSSR count). The first-order chi connectivity index (χ1) is 12.9. The standard InChI is InChI=1S/C19H21ClN2O3S2/c1-13(19-22-17-10-5-14(20)12-18(17)26-19)4-3-11-21-27(23,24)16-8-6-15(25-2)7-9-16/h5-10,12-13,21H,3-4,11H2,1-2H3. The molecule has 144 valence electrons. The van der Waals surface area contributed by atoms with Gasteiger partial charge in [-0.25, -0.2) is 18.1 Å². The number of halogens is 1. The molecule has 0 bridgehead atoms. The summed E-state index contributed by atoms with van der Waals surface area (Å²) in [5.41, 5.74) is 0.950. The third-order valence-electron chi connectivity index (χ3n) is 4.26. The average Bonchev–Trinajstić information content (AvgIpc) is 3.08. The van der Waals surface area contributed by atoms with Gasteiger partial charge >= 0.3 is 0 Å². The Morgan fingerprint density at radius 3 is 2.67 bits per heavy atom. The van der Waals surface area contributed by atoms with E-state index >= 15 is 0 Å². The van der Waals surface area contributed by atoms with Crippen LogP contribution in [-0.4, -0.2) is 27.1 Å². The lowest BCUT2D eigenvalue weighted by Crippen LogP contribution is -2.25. The molecule has 0 amide bonds. The van der Waals surface area contributed by atoms with E-state index in [1.165, 1.54) is 12.1 Å². The molecule has 27 heavy (non-hydrogen) atoms. The molecule has 1 heterocycles. The largest absolute Gasteiger partial charge is 0.497 e. The van der Waals surface area contributed by atoms with E-state index in [9.17, 15) is 8.42 Å². The Hall–Kier alpha value is -1.67. The molecule has 0 saturated heterocycles. The van der Waals surface area contributed by atoms with E-state index < -0.39 is 10.0 Å². The van der Waals surface area contributed by atoms with E-state index in [0.29, 0.717) is 17.3 Å². The highest BCUT2D eigenvalue weighted by Crippen LogP contribution is 2.31. The summed E-state index contributed by atoms with van der Waals surface area (Å²) in [7, 11) is -1.96. The van der Waals surface area contributed by atoms with E-state index in [0.717, 1.165) is 28.1 Å². The molecule has 0 saturated carbocycles. The van der Waals surface area contributed by atoms with Gasteiger partial charge in [0.25, 0.3) is 0 Å². The smallest absolute Gasteiger partial charge is 0.240 e. The van der Waals surface area contributed by atoms with Gasteiger partial charge in [0.15, 0.2) is 0 Å². The van der Waals surface area contributed by atoms with E-state index in [4.69, 9.17) is 16.3 Å². The highest BCUT2D eigenvalue weighted by molar-refractivity contribution is 7.89. The zero-order chi connectivity index (χ0) is 19.4. The molecular formula is C19H21ClN2O3S2. The lowest BCUT2D eigenvalue weighted by atomic mass is 10.1. The summed E-state index contributed by atoms with van der Waals surface area (Å²) < 4.78 is 33.4. The molecule has 0 aliphatic heterocycles. The quantitative estimate of drug-likeness (QED) is 0.526. The topological polar surface area (TPSA) is 68.3 Å². The van der Waals surface area contributed by atoms with Crippen LogP contribution in [0.1, 0.15) is 30.7 Å². The Balaban J connectivity index is 1.53. The molecule has 1 aromatic heterocycles. The van der Waals surface area contributed by atoms with Crippen LogP contribution in [0.5, 0.6) is 5.75 Å². The maximum atomic E-state index is 12.3. The van der Waals surface area contributed by atoms with Gasteiger partial charge < -0.3 is 4.74 Å². The van der Waals surface area contributed by atoms with Gasteiger partial charge in [-0.3, -0.25) is 0 Å². The van der Waals surface area contributed by atoms with Gasteiger partial charge in [0.2, 0.25) is 10.0 Å². The molecule has 3 aromatic rings. The Bertz CT molecular complexity index is 1020. The SMILES string of the molecule is COc1ccc(S(=O)(=O)NCCCC(C)c2nc3ccc(Cl)cc3s2)cc1. The fourth-order valence-electron chi connectivity index (χ4n) is 2.70. The van der Waals surface area contributed by atoms with Gasteiger partial charge in [-0.05, 0) is 55.3 Å². The zero-order valence-corrected chi connectivity index (χ0v) is 17.5. The number of fused-ring (bicyclic) bond motifs is 1. The second-order valence-electron chi connectivity index (χ2n) is 6.28. The van der Waals surface area contributed by atoms with Crippen molar-refractivity contribution in [2.75, 3.05) is 13.7 Å². The Kier molecular flexibility index (Phi) is 6.37. The highest BCUT2D eigenvalue weighted by Gasteiger charge is 2.15. The average molecular weight is 425 g/mol. The van der Waals surface area contributed by atoms with E-state index in [-0.39, 0.29) is 10.8 Å². The second-order valence-corrected chi connectivity index (χ2v) is 9.55. The normalized spacial score (nSPS) is 13.0. The van der Waals surface area contributed by atoms with Crippen LogP contribution in [0.15, 0.2) is 47.4 Å². The molecular weight excluding hydrogens is 404 g/mol.